The van der Waals surface area contributed by atoms with Gasteiger partial charge in [-0.05, 0) is 43.5 Å². The van der Waals surface area contributed by atoms with Gasteiger partial charge in [-0.2, -0.15) is 5.10 Å². The van der Waals surface area contributed by atoms with Crippen LogP contribution in [0.5, 0.6) is 0 Å². The van der Waals surface area contributed by atoms with Crippen molar-refractivity contribution in [1.29, 1.82) is 0 Å². The number of carboxylic acid groups (broad SMARTS) is 1. The van der Waals surface area contributed by atoms with Crippen LogP contribution in [-0.2, 0) is 4.79 Å². The number of aromatic nitrogens is 3. The summed E-state index contributed by atoms with van der Waals surface area (Å²) in [5.41, 5.74) is 1.64. The predicted molar refractivity (Wildman–Crippen MR) is 87.0 cm³/mol. The molecule has 1 aromatic carbocycles. The highest BCUT2D eigenvalue weighted by Crippen LogP contribution is 2.33. The third-order valence-electron chi connectivity index (χ3n) is 4.55. The number of aliphatic carboxylic acids is 1. The van der Waals surface area contributed by atoms with Gasteiger partial charge in [-0.1, -0.05) is 12.8 Å². The molecule has 1 heterocycles. The maximum atomic E-state index is 12.6. The van der Waals surface area contributed by atoms with E-state index in [1.165, 1.54) is 6.33 Å². The number of amides is 1. The molecule has 0 bridgehead atoms. The third kappa shape index (κ3) is 3.29. The topological polar surface area (TPSA) is 97.1 Å². The van der Waals surface area contributed by atoms with E-state index in [0.717, 1.165) is 24.1 Å². The van der Waals surface area contributed by atoms with Gasteiger partial charge in [0, 0.05) is 5.56 Å². The second-order valence-corrected chi connectivity index (χ2v) is 6.35. The van der Waals surface area contributed by atoms with Crippen molar-refractivity contribution in [3.8, 4) is 5.69 Å². The molecule has 1 amide bonds. The number of carbonyl (C=O) groups is 2. The molecule has 1 aliphatic carbocycles. The molecule has 0 atom stereocenters. The Morgan fingerprint density at radius 1 is 1.33 bits per heavy atom. The largest absolute Gasteiger partial charge is 0.481 e. The smallest absolute Gasteiger partial charge is 0.305 e. The molecule has 0 saturated heterocycles. The molecule has 0 aliphatic heterocycles. The van der Waals surface area contributed by atoms with Gasteiger partial charge < -0.3 is 10.4 Å². The zero-order valence-corrected chi connectivity index (χ0v) is 13.5. The van der Waals surface area contributed by atoms with Crippen molar-refractivity contribution in [2.24, 2.45) is 0 Å². The number of nitrogens with zero attached hydrogens (tertiary/aromatic N) is 3. The lowest BCUT2D eigenvalue weighted by Gasteiger charge is -2.28. The molecule has 2 N–H and O–H groups in total. The minimum atomic E-state index is -0.880. The molecule has 7 nitrogen and oxygen atoms in total. The molecule has 3 rings (SSSR count). The molecular weight excluding hydrogens is 308 g/mol. The average Bonchev–Trinajstić information content (AvgIpc) is 3.18. The van der Waals surface area contributed by atoms with E-state index in [2.05, 4.69) is 15.4 Å². The third-order valence-corrected chi connectivity index (χ3v) is 4.55. The number of hydrogen-bond donors (Lipinski definition) is 2. The number of carbonyl (C=O) groups excluding carboxylic acids is 1. The summed E-state index contributed by atoms with van der Waals surface area (Å²) in [5, 5.41) is 16.2. The maximum absolute atomic E-state index is 12.6. The molecule has 1 fully saturated rings. The van der Waals surface area contributed by atoms with Crippen LogP contribution in [0.3, 0.4) is 0 Å². The zero-order chi connectivity index (χ0) is 17.2. The summed E-state index contributed by atoms with van der Waals surface area (Å²) in [6, 6.07) is 5.33. The van der Waals surface area contributed by atoms with Crippen LogP contribution in [0.1, 0.15) is 48.0 Å². The number of carboxylic acids is 1. The van der Waals surface area contributed by atoms with Gasteiger partial charge in [0.25, 0.3) is 5.91 Å². The summed E-state index contributed by atoms with van der Waals surface area (Å²) in [6.45, 7) is 1.90. The summed E-state index contributed by atoms with van der Waals surface area (Å²) < 4.78 is 1.64. The number of aryl methyl sites for hydroxylation is 1. The van der Waals surface area contributed by atoms with Crippen molar-refractivity contribution in [2.75, 3.05) is 0 Å². The minimum absolute atomic E-state index is 0.0330. The lowest BCUT2D eigenvalue weighted by molar-refractivity contribution is -0.138. The molecule has 126 valence electrons. The quantitative estimate of drug-likeness (QED) is 0.876. The predicted octanol–water partition coefficient (Wildman–Crippen LogP) is 2.09. The van der Waals surface area contributed by atoms with Crippen LogP contribution in [0.4, 0.5) is 0 Å². The van der Waals surface area contributed by atoms with Crippen LogP contribution in [0.25, 0.3) is 5.69 Å². The van der Waals surface area contributed by atoms with Crippen molar-refractivity contribution in [3.05, 3.63) is 42.0 Å². The Kier molecular flexibility index (Phi) is 4.33. The van der Waals surface area contributed by atoms with Gasteiger partial charge in [-0.3, -0.25) is 9.59 Å². The first-order chi connectivity index (χ1) is 11.5. The second kappa shape index (κ2) is 6.43. The molecular formula is C17H20N4O3. The molecule has 1 aliphatic rings. The highest BCUT2D eigenvalue weighted by molar-refractivity contribution is 5.95. The Bertz CT molecular complexity index is 749. The average molecular weight is 328 g/mol. The SMILES string of the molecule is Cc1cc(C(=O)NC2(CC(=O)O)CCCC2)ccc1-n1cncn1. The summed E-state index contributed by atoms with van der Waals surface area (Å²) in [5.74, 6) is -1.11. The van der Waals surface area contributed by atoms with E-state index in [4.69, 9.17) is 5.11 Å². The van der Waals surface area contributed by atoms with Crippen molar-refractivity contribution in [3.63, 3.8) is 0 Å². The van der Waals surface area contributed by atoms with Gasteiger partial charge in [0.2, 0.25) is 0 Å². The number of rotatable bonds is 5. The highest BCUT2D eigenvalue weighted by atomic mass is 16.4. The number of nitrogens with one attached hydrogen (secondary N) is 1. The van der Waals surface area contributed by atoms with E-state index in [-0.39, 0.29) is 12.3 Å². The van der Waals surface area contributed by atoms with Crippen LogP contribution in [-0.4, -0.2) is 37.3 Å². The van der Waals surface area contributed by atoms with E-state index in [0.29, 0.717) is 18.4 Å². The van der Waals surface area contributed by atoms with Crippen LogP contribution in [0, 0.1) is 6.92 Å². The maximum Gasteiger partial charge on any atom is 0.305 e. The summed E-state index contributed by atoms with van der Waals surface area (Å²) in [4.78, 5) is 27.7. The number of benzene rings is 1. The Balaban J connectivity index is 1.80. The van der Waals surface area contributed by atoms with Gasteiger partial charge in [0.1, 0.15) is 12.7 Å². The van der Waals surface area contributed by atoms with Gasteiger partial charge in [0.05, 0.1) is 17.6 Å². The van der Waals surface area contributed by atoms with Gasteiger partial charge >= 0.3 is 5.97 Å². The Morgan fingerprint density at radius 2 is 2.08 bits per heavy atom. The van der Waals surface area contributed by atoms with E-state index in [1.54, 1.807) is 23.1 Å². The fourth-order valence-electron chi connectivity index (χ4n) is 3.39. The van der Waals surface area contributed by atoms with E-state index >= 15 is 0 Å². The van der Waals surface area contributed by atoms with Crippen LogP contribution < -0.4 is 5.32 Å². The first-order valence-corrected chi connectivity index (χ1v) is 7.99. The highest BCUT2D eigenvalue weighted by Gasteiger charge is 2.37. The molecule has 24 heavy (non-hydrogen) atoms. The summed E-state index contributed by atoms with van der Waals surface area (Å²) in [7, 11) is 0. The van der Waals surface area contributed by atoms with E-state index < -0.39 is 11.5 Å². The van der Waals surface area contributed by atoms with Crippen LogP contribution >= 0.6 is 0 Å². The normalized spacial score (nSPS) is 16.0. The lowest BCUT2D eigenvalue weighted by Crippen LogP contribution is -2.47. The molecule has 1 aromatic heterocycles. The van der Waals surface area contributed by atoms with Crippen molar-refractivity contribution in [2.45, 2.75) is 44.6 Å². The van der Waals surface area contributed by atoms with Crippen LogP contribution in [0.15, 0.2) is 30.9 Å². The summed E-state index contributed by atoms with van der Waals surface area (Å²) >= 11 is 0. The Labute approximate surface area is 139 Å². The monoisotopic (exact) mass is 328 g/mol. The van der Waals surface area contributed by atoms with Gasteiger partial charge in [-0.25, -0.2) is 9.67 Å². The Hall–Kier alpha value is -2.70. The van der Waals surface area contributed by atoms with Gasteiger partial charge in [0.15, 0.2) is 0 Å². The zero-order valence-electron chi connectivity index (χ0n) is 13.5. The first-order valence-electron chi connectivity index (χ1n) is 7.99. The second-order valence-electron chi connectivity index (χ2n) is 6.35. The van der Waals surface area contributed by atoms with E-state index in [1.807, 2.05) is 13.0 Å². The Morgan fingerprint density at radius 3 is 2.67 bits per heavy atom. The van der Waals surface area contributed by atoms with Crippen molar-refractivity contribution in [1.82, 2.24) is 20.1 Å². The number of hydrogen-bond acceptors (Lipinski definition) is 4. The fourth-order valence-corrected chi connectivity index (χ4v) is 3.39. The fraction of sp³-hybridized carbons (Fsp3) is 0.412. The lowest BCUT2D eigenvalue weighted by atomic mass is 9.92. The standard InChI is InChI=1S/C17H20N4O3/c1-12-8-13(4-5-14(12)21-11-18-10-19-21)16(24)20-17(9-15(22)23)6-2-3-7-17/h4-5,8,10-11H,2-3,6-7,9H2,1H3,(H,20,24)(H,22,23). The van der Waals surface area contributed by atoms with Crippen LogP contribution in [0.2, 0.25) is 0 Å². The molecule has 0 unspecified atom stereocenters. The first kappa shape index (κ1) is 16.2. The molecule has 0 radical (unpaired) electrons. The van der Waals surface area contributed by atoms with Crippen molar-refractivity contribution < 1.29 is 14.7 Å². The summed E-state index contributed by atoms with van der Waals surface area (Å²) in [6.07, 6.45) is 6.32. The van der Waals surface area contributed by atoms with Crippen molar-refractivity contribution >= 4 is 11.9 Å². The molecule has 7 heteroatoms. The molecule has 0 spiro atoms. The molecule has 1 saturated carbocycles. The van der Waals surface area contributed by atoms with Gasteiger partial charge in [-0.15, -0.1) is 0 Å². The molecule has 2 aromatic rings. The van der Waals surface area contributed by atoms with E-state index in [9.17, 15) is 9.59 Å². The minimum Gasteiger partial charge on any atom is -0.481 e.